The number of halogens is 1. The monoisotopic (exact) mass is 213 g/mol. The molecule has 0 spiro atoms. The van der Waals surface area contributed by atoms with E-state index in [2.05, 4.69) is 0 Å². The predicted octanol–water partition coefficient (Wildman–Crippen LogP) is 1.84. The molecule has 1 aliphatic heterocycles. The van der Waals surface area contributed by atoms with Crippen LogP contribution in [0.25, 0.3) is 11.1 Å². The van der Waals surface area contributed by atoms with Crippen LogP contribution in [0.2, 0.25) is 0 Å². The van der Waals surface area contributed by atoms with E-state index in [0.29, 0.717) is 22.3 Å². The van der Waals surface area contributed by atoms with Crippen LogP contribution in [0.5, 0.6) is 11.5 Å². The number of para-hydroxylation sites is 1. The van der Waals surface area contributed by atoms with Gasteiger partial charge in [0, 0.05) is 16.6 Å². The molecule has 2 nitrogen and oxygen atoms in total. The highest BCUT2D eigenvalue weighted by molar-refractivity contribution is 6.55. The zero-order chi connectivity index (χ0) is 11.1. The molecule has 0 aromatic heterocycles. The summed E-state index contributed by atoms with van der Waals surface area (Å²) in [5.74, 6) is 0.341. The van der Waals surface area contributed by atoms with E-state index < -0.39 is 0 Å². The van der Waals surface area contributed by atoms with Crippen LogP contribution in [0.4, 0.5) is 4.39 Å². The third kappa shape index (κ3) is 1.19. The largest absolute Gasteiger partial charge is 0.557 e. The summed E-state index contributed by atoms with van der Waals surface area (Å²) < 4.78 is 18.4. The van der Waals surface area contributed by atoms with E-state index in [9.17, 15) is 9.50 Å². The van der Waals surface area contributed by atoms with Gasteiger partial charge in [0.25, 0.3) is 0 Å². The van der Waals surface area contributed by atoms with E-state index in [1.165, 1.54) is 13.5 Å². The van der Waals surface area contributed by atoms with Crippen LogP contribution in [0.3, 0.4) is 0 Å². The number of fused-ring (bicyclic) bond motifs is 1. The molecule has 4 heteroatoms. The Morgan fingerprint density at radius 1 is 1.06 bits per heavy atom. The number of phenolic OH excluding ortho intramolecular Hbond substituents is 1. The van der Waals surface area contributed by atoms with Crippen LogP contribution < -0.4 is 10.1 Å². The maximum atomic E-state index is 13.3. The van der Waals surface area contributed by atoms with E-state index >= 15 is 0 Å². The number of hydrogen-bond acceptors (Lipinski definition) is 2. The van der Waals surface area contributed by atoms with Crippen molar-refractivity contribution in [3.05, 3.63) is 42.2 Å². The first-order valence-corrected chi connectivity index (χ1v) is 4.88. The summed E-state index contributed by atoms with van der Waals surface area (Å²) in [6.07, 6.45) is 0. The smallest absolute Gasteiger partial charge is 0.415 e. The first-order valence-electron chi connectivity index (χ1n) is 4.88. The lowest BCUT2D eigenvalue weighted by Gasteiger charge is -2.23. The average molecular weight is 213 g/mol. The van der Waals surface area contributed by atoms with Crippen molar-refractivity contribution in [1.82, 2.24) is 0 Å². The van der Waals surface area contributed by atoms with Crippen molar-refractivity contribution in [2.75, 3.05) is 0 Å². The molecular weight excluding hydrogens is 206 g/mol. The van der Waals surface area contributed by atoms with Gasteiger partial charge in [-0.15, -0.1) is 0 Å². The summed E-state index contributed by atoms with van der Waals surface area (Å²) in [6.45, 7) is 0. The molecule has 1 N–H and O–H groups in total. The van der Waals surface area contributed by atoms with Gasteiger partial charge in [-0.1, -0.05) is 18.2 Å². The standard InChI is InChI=1S/C12H7BFO2/c14-9-6-5-8(12-11(9)13-16-12)7-3-1-2-4-10(7)15/h1-6,15H. The number of phenols is 1. The quantitative estimate of drug-likeness (QED) is 0.732. The maximum absolute atomic E-state index is 13.3. The number of aromatic hydroxyl groups is 1. The SMILES string of the molecule is Oc1ccccc1-c1ccc(F)c2c1O[B]2. The lowest BCUT2D eigenvalue weighted by Crippen LogP contribution is -2.37. The molecule has 77 valence electrons. The van der Waals surface area contributed by atoms with Gasteiger partial charge in [0.1, 0.15) is 17.3 Å². The molecule has 0 fully saturated rings. The minimum atomic E-state index is -0.305. The Labute approximate surface area is 92.6 Å². The predicted molar refractivity (Wildman–Crippen MR) is 59.5 cm³/mol. The van der Waals surface area contributed by atoms with Crippen LogP contribution in [0.15, 0.2) is 36.4 Å². The van der Waals surface area contributed by atoms with Crippen LogP contribution in [-0.2, 0) is 0 Å². The molecule has 0 saturated carbocycles. The van der Waals surface area contributed by atoms with Crippen LogP contribution >= 0.6 is 0 Å². The molecule has 0 unspecified atom stereocenters. The zero-order valence-electron chi connectivity index (χ0n) is 8.27. The summed E-state index contributed by atoms with van der Waals surface area (Å²) in [5.41, 5.74) is 1.81. The highest BCUT2D eigenvalue weighted by Gasteiger charge is 2.27. The van der Waals surface area contributed by atoms with Gasteiger partial charge >= 0.3 is 7.48 Å². The molecule has 1 aliphatic rings. The summed E-state index contributed by atoms with van der Waals surface area (Å²) in [5, 5.41) is 9.71. The fourth-order valence-electron chi connectivity index (χ4n) is 1.79. The van der Waals surface area contributed by atoms with Gasteiger partial charge in [0.15, 0.2) is 0 Å². The van der Waals surface area contributed by atoms with Crippen LogP contribution in [-0.4, -0.2) is 12.6 Å². The molecule has 0 amide bonds. The van der Waals surface area contributed by atoms with Gasteiger partial charge in [-0.2, -0.15) is 0 Å². The van der Waals surface area contributed by atoms with Crippen LogP contribution in [0.1, 0.15) is 0 Å². The number of hydrogen-bond donors (Lipinski definition) is 1. The highest BCUT2D eigenvalue weighted by Crippen LogP contribution is 2.36. The van der Waals surface area contributed by atoms with E-state index in [-0.39, 0.29) is 11.6 Å². The summed E-state index contributed by atoms with van der Waals surface area (Å²) in [6, 6.07) is 9.89. The van der Waals surface area contributed by atoms with Crippen LogP contribution in [0, 0.1) is 5.82 Å². The third-order valence-corrected chi connectivity index (χ3v) is 2.63. The maximum Gasteiger partial charge on any atom is 0.415 e. The second kappa shape index (κ2) is 3.27. The lowest BCUT2D eigenvalue weighted by atomic mass is 9.77. The molecule has 3 rings (SSSR count). The van der Waals surface area contributed by atoms with Crippen molar-refractivity contribution < 1.29 is 14.2 Å². The third-order valence-electron chi connectivity index (χ3n) is 2.63. The average Bonchev–Trinajstić information content (AvgIpc) is 2.22. The summed E-state index contributed by atoms with van der Waals surface area (Å²) >= 11 is 0. The minimum absolute atomic E-state index is 0.159. The first-order chi connectivity index (χ1) is 7.77. The fourth-order valence-corrected chi connectivity index (χ4v) is 1.79. The summed E-state index contributed by atoms with van der Waals surface area (Å²) in [7, 11) is 1.37. The molecular formula is C12H7BFO2. The van der Waals surface area contributed by atoms with E-state index in [0.717, 1.165) is 0 Å². The molecule has 0 atom stereocenters. The second-order valence-electron chi connectivity index (χ2n) is 3.59. The van der Waals surface area contributed by atoms with Crippen molar-refractivity contribution >= 4 is 12.9 Å². The summed E-state index contributed by atoms with van der Waals surface area (Å²) in [4.78, 5) is 0. The molecule has 1 radical (unpaired) electrons. The van der Waals surface area contributed by atoms with Gasteiger partial charge in [-0.05, 0) is 18.2 Å². The van der Waals surface area contributed by atoms with Gasteiger partial charge in [-0.25, -0.2) is 4.39 Å². The highest BCUT2D eigenvalue weighted by atomic mass is 19.1. The van der Waals surface area contributed by atoms with Gasteiger partial charge in [-0.3, -0.25) is 0 Å². The lowest BCUT2D eigenvalue weighted by molar-refractivity contribution is 0.476. The van der Waals surface area contributed by atoms with Crippen molar-refractivity contribution in [2.45, 2.75) is 0 Å². The zero-order valence-corrected chi connectivity index (χ0v) is 8.27. The molecule has 16 heavy (non-hydrogen) atoms. The van der Waals surface area contributed by atoms with Gasteiger partial charge in [0.05, 0.1) is 0 Å². The van der Waals surface area contributed by atoms with Gasteiger partial charge < -0.3 is 9.76 Å². The Kier molecular flexibility index (Phi) is 1.89. The fraction of sp³-hybridized carbons (Fsp3) is 0. The van der Waals surface area contributed by atoms with Crippen molar-refractivity contribution in [2.24, 2.45) is 0 Å². The Morgan fingerprint density at radius 3 is 2.56 bits per heavy atom. The Bertz CT molecular complexity index is 569. The molecule has 2 aromatic rings. The van der Waals surface area contributed by atoms with E-state index in [4.69, 9.17) is 4.65 Å². The minimum Gasteiger partial charge on any atom is -0.557 e. The molecule has 1 heterocycles. The Hall–Kier alpha value is -1.97. The number of rotatable bonds is 1. The Balaban J connectivity index is 2.22. The second-order valence-corrected chi connectivity index (χ2v) is 3.59. The number of benzene rings is 2. The normalized spacial score (nSPS) is 12.1. The van der Waals surface area contributed by atoms with E-state index in [1.54, 1.807) is 24.3 Å². The molecule has 0 aliphatic carbocycles. The molecule has 0 bridgehead atoms. The Morgan fingerprint density at radius 2 is 1.88 bits per heavy atom. The van der Waals surface area contributed by atoms with Gasteiger partial charge in [0.2, 0.25) is 0 Å². The van der Waals surface area contributed by atoms with E-state index in [1.807, 2.05) is 6.07 Å². The molecule has 0 saturated heterocycles. The molecule has 2 aromatic carbocycles. The first kappa shape index (κ1) is 9.27. The topological polar surface area (TPSA) is 29.5 Å². The van der Waals surface area contributed by atoms with Crippen molar-refractivity contribution in [3.8, 4) is 22.6 Å². The van der Waals surface area contributed by atoms with Crippen molar-refractivity contribution in [3.63, 3.8) is 0 Å². The van der Waals surface area contributed by atoms with Crippen molar-refractivity contribution in [1.29, 1.82) is 0 Å².